The first-order valence-corrected chi connectivity index (χ1v) is 11.3. The van der Waals surface area contributed by atoms with E-state index in [1.54, 1.807) is 0 Å². The van der Waals surface area contributed by atoms with Gasteiger partial charge in [-0.2, -0.15) is 11.8 Å². The van der Waals surface area contributed by atoms with Crippen LogP contribution in [0.1, 0.15) is 29.7 Å². The maximum Gasteiger partial charge on any atom is 0.269 e. The molecule has 0 radical (unpaired) electrons. The van der Waals surface area contributed by atoms with Gasteiger partial charge in [0.1, 0.15) is 0 Å². The highest BCUT2D eigenvalue weighted by atomic mass is 32.2. The van der Waals surface area contributed by atoms with Crippen molar-refractivity contribution in [3.05, 3.63) is 21.9 Å². The van der Waals surface area contributed by atoms with Gasteiger partial charge in [-0.15, -0.1) is 20.1 Å². The van der Waals surface area contributed by atoms with Crippen molar-refractivity contribution in [1.29, 1.82) is 0 Å². The van der Waals surface area contributed by atoms with Crippen molar-refractivity contribution in [3.8, 4) is 0 Å². The summed E-state index contributed by atoms with van der Waals surface area (Å²) in [4.78, 5) is 4.03. The lowest BCUT2D eigenvalue weighted by molar-refractivity contribution is 0.222. The number of thiophene rings is 1. The lowest BCUT2D eigenvalue weighted by Crippen LogP contribution is -2.35. The van der Waals surface area contributed by atoms with Crippen LogP contribution in [0.4, 0.5) is 0 Å². The SMILES string of the molecule is NC1=NS(=O)N=C1NCCSCc1csc(CN2CCCCC2)c1. The van der Waals surface area contributed by atoms with Crippen molar-refractivity contribution >= 4 is 45.9 Å². The lowest BCUT2D eigenvalue weighted by Gasteiger charge is -2.25. The largest absolute Gasteiger partial charge is 0.380 e. The molecule has 1 atom stereocenters. The van der Waals surface area contributed by atoms with E-state index in [0.29, 0.717) is 5.84 Å². The van der Waals surface area contributed by atoms with E-state index in [9.17, 15) is 4.21 Å². The normalized spacial score (nSPS) is 21.6. The van der Waals surface area contributed by atoms with Gasteiger partial charge in [0.25, 0.3) is 11.2 Å². The van der Waals surface area contributed by atoms with Gasteiger partial charge in [-0.25, -0.2) is 4.21 Å². The molecule has 132 valence electrons. The topological polar surface area (TPSA) is 83.1 Å². The molecule has 1 saturated heterocycles. The highest BCUT2D eigenvalue weighted by Gasteiger charge is 2.14. The summed E-state index contributed by atoms with van der Waals surface area (Å²) in [6.45, 7) is 4.33. The van der Waals surface area contributed by atoms with Crippen LogP contribution in [0.3, 0.4) is 0 Å². The molecule has 9 heteroatoms. The van der Waals surface area contributed by atoms with E-state index in [4.69, 9.17) is 5.73 Å². The molecule has 0 aliphatic carbocycles. The van der Waals surface area contributed by atoms with Gasteiger partial charge in [0.15, 0.2) is 11.7 Å². The number of amidine groups is 2. The Morgan fingerprint density at radius 2 is 2.17 bits per heavy atom. The molecule has 24 heavy (non-hydrogen) atoms. The predicted molar refractivity (Wildman–Crippen MR) is 105 cm³/mol. The molecule has 6 nitrogen and oxygen atoms in total. The summed E-state index contributed by atoms with van der Waals surface area (Å²) in [5, 5.41) is 5.36. The Hall–Kier alpha value is -0.900. The van der Waals surface area contributed by atoms with E-state index in [2.05, 4.69) is 30.5 Å². The molecule has 2 aliphatic heterocycles. The number of hydrogen-bond acceptors (Lipinski definition) is 6. The second-order valence-corrected chi connectivity index (χ2v) is 8.81. The van der Waals surface area contributed by atoms with Gasteiger partial charge in [-0.05, 0) is 42.9 Å². The second-order valence-electron chi connectivity index (χ2n) is 5.88. The number of hydrogen-bond donors (Lipinski definition) is 2. The van der Waals surface area contributed by atoms with Crippen LogP contribution < -0.4 is 11.1 Å². The fourth-order valence-corrected chi connectivity index (χ4v) is 5.19. The van der Waals surface area contributed by atoms with Gasteiger partial charge >= 0.3 is 0 Å². The molecule has 0 amide bonds. The molecule has 1 unspecified atom stereocenters. The van der Waals surface area contributed by atoms with Crippen molar-refractivity contribution in [2.24, 2.45) is 14.5 Å². The Morgan fingerprint density at radius 1 is 1.33 bits per heavy atom. The highest BCUT2D eigenvalue weighted by Crippen LogP contribution is 2.22. The van der Waals surface area contributed by atoms with Crippen LogP contribution in [-0.2, 0) is 23.5 Å². The summed E-state index contributed by atoms with van der Waals surface area (Å²) < 4.78 is 18.6. The maximum absolute atomic E-state index is 11.1. The zero-order chi connectivity index (χ0) is 16.8. The molecule has 3 rings (SSSR count). The Balaban J connectivity index is 1.33. The average Bonchev–Trinajstić information content (AvgIpc) is 3.14. The summed E-state index contributed by atoms with van der Waals surface area (Å²) in [6.07, 6.45) is 4.07. The van der Waals surface area contributed by atoms with Crippen LogP contribution in [0.2, 0.25) is 0 Å². The second kappa shape index (κ2) is 8.98. The number of thioether (sulfide) groups is 1. The first-order chi connectivity index (χ1) is 11.7. The fraction of sp³-hybridized carbons (Fsp3) is 0.600. The van der Waals surface area contributed by atoms with Gasteiger partial charge in [-0.3, -0.25) is 4.90 Å². The molecule has 1 fully saturated rings. The molecular formula is C15H23N5OS3. The molecule has 2 aliphatic rings. The minimum Gasteiger partial charge on any atom is -0.380 e. The first-order valence-electron chi connectivity index (χ1n) is 8.16. The van der Waals surface area contributed by atoms with Crippen LogP contribution in [0.25, 0.3) is 0 Å². The Labute approximate surface area is 153 Å². The van der Waals surface area contributed by atoms with Crippen LogP contribution >= 0.6 is 23.1 Å². The molecule has 0 bridgehead atoms. The van der Waals surface area contributed by atoms with E-state index in [1.807, 2.05) is 23.1 Å². The third kappa shape index (κ3) is 5.30. The zero-order valence-corrected chi connectivity index (χ0v) is 16.0. The summed E-state index contributed by atoms with van der Waals surface area (Å²) in [6, 6.07) is 2.34. The van der Waals surface area contributed by atoms with E-state index < -0.39 is 11.2 Å². The third-order valence-corrected chi connectivity index (χ3v) is 6.62. The summed E-state index contributed by atoms with van der Waals surface area (Å²) in [5.74, 6) is 2.64. The smallest absolute Gasteiger partial charge is 0.269 e. The van der Waals surface area contributed by atoms with E-state index >= 15 is 0 Å². The van der Waals surface area contributed by atoms with Gasteiger partial charge in [0, 0.05) is 29.5 Å². The molecule has 0 saturated carbocycles. The van der Waals surface area contributed by atoms with Crippen LogP contribution in [0.15, 0.2) is 20.2 Å². The zero-order valence-electron chi connectivity index (χ0n) is 13.6. The minimum atomic E-state index is -1.54. The standard InChI is InChI=1S/C15H23N5OS3/c16-14-15(19-24(21)18-14)17-4-7-22-10-12-8-13(23-11-12)9-20-5-2-1-3-6-20/h8,11H,1-7,9-10H2,(H2,16,18)(H,17,19). The lowest BCUT2D eigenvalue weighted by atomic mass is 10.1. The average molecular weight is 386 g/mol. The predicted octanol–water partition coefficient (Wildman–Crippen LogP) is 1.90. The van der Waals surface area contributed by atoms with Crippen molar-refractivity contribution in [1.82, 2.24) is 10.2 Å². The number of nitrogens with zero attached hydrogens (tertiary/aromatic N) is 3. The van der Waals surface area contributed by atoms with Gasteiger partial charge in [0.2, 0.25) is 0 Å². The highest BCUT2D eigenvalue weighted by molar-refractivity contribution is 7.98. The third-order valence-electron chi connectivity index (χ3n) is 3.93. The number of nitrogens with two attached hydrogens (primary N) is 1. The Morgan fingerprint density at radius 3 is 2.92 bits per heavy atom. The van der Waals surface area contributed by atoms with Crippen LogP contribution in [0.5, 0.6) is 0 Å². The van der Waals surface area contributed by atoms with E-state index in [-0.39, 0.29) is 5.84 Å². The van der Waals surface area contributed by atoms with Crippen molar-refractivity contribution in [3.63, 3.8) is 0 Å². The maximum atomic E-state index is 11.1. The van der Waals surface area contributed by atoms with Gasteiger partial charge in [-0.1, -0.05) is 6.42 Å². The summed E-state index contributed by atoms with van der Waals surface area (Å²) in [5.41, 5.74) is 7.01. The van der Waals surface area contributed by atoms with Crippen LogP contribution in [-0.4, -0.2) is 46.2 Å². The molecular weight excluding hydrogens is 362 g/mol. The van der Waals surface area contributed by atoms with Crippen molar-refractivity contribution in [2.45, 2.75) is 31.6 Å². The van der Waals surface area contributed by atoms with Gasteiger partial charge in [0.05, 0.1) is 0 Å². The molecule has 1 aromatic rings. The van der Waals surface area contributed by atoms with Crippen LogP contribution in [0, 0.1) is 0 Å². The van der Waals surface area contributed by atoms with Crippen molar-refractivity contribution < 1.29 is 4.21 Å². The number of rotatable bonds is 7. The van der Waals surface area contributed by atoms with E-state index in [0.717, 1.165) is 24.6 Å². The Bertz CT molecular complexity index is 637. The quantitative estimate of drug-likeness (QED) is 0.701. The molecule has 0 spiro atoms. The molecule has 3 heterocycles. The number of likely N-dealkylation sites (tertiary alicyclic amines) is 1. The van der Waals surface area contributed by atoms with Gasteiger partial charge < -0.3 is 11.1 Å². The fourth-order valence-electron chi connectivity index (χ4n) is 2.75. The summed E-state index contributed by atoms with van der Waals surface area (Å²) in [7, 11) is 0. The monoisotopic (exact) mass is 385 g/mol. The number of nitrogens with one attached hydrogen (secondary N) is 1. The number of piperidine rings is 1. The summed E-state index contributed by atoms with van der Waals surface area (Å²) >= 11 is 2.20. The minimum absolute atomic E-state index is 0.235. The Kier molecular flexibility index (Phi) is 6.70. The molecule has 0 aromatic carbocycles. The molecule has 3 N–H and O–H groups in total. The van der Waals surface area contributed by atoms with E-state index in [1.165, 1.54) is 42.8 Å². The molecule has 1 aromatic heterocycles. The first kappa shape index (κ1) is 17.9. The van der Waals surface area contributed by atoms with Crippen molar-refractivity contribution in [2.75, 3.05) is 25.4 Å².